The van der Waals surface area contributed by atoms with Crippen molar-refractivity contribution in [2.24, 2.45) is 0 Å². The summed E-state index contributed by atoms with van der Waals surface area (Å²) < 4.78 is 18.3. The van der Waals surface area contributed by atoms with Crippen LogP contribution in [0.15, 0.2) is 42.6 Å². The molecule has 0 saturated carbocycles. The van der Waals surface area contributed by atoms with Crippen molar-refractivity contribution in [1.82, 2.24) is 9.97 Å². The molecular formula is C14H12FN3O. The minimum atomic E-state index is -0.631. The van der Waals surface area contributed by atoms with Gasteiger partial charge in [0.15, 0.2) is 5.75 Å². The number of pyridine rings is 1. The fourth-order valence-corrected chi connectivity index (χ4v) is 1.92. The van der Waals surface area contributed by atoms with Gasteiger partial charge in [0.25, 0.3) is 5.95 Å². The molecule has 0 bridgehead atoms. The number of ether oxygens (including phenoxy) is 1. The van der Waals surface area contributed by atoms with E-state index in [0.29, 0.717) is 5.82 Å². The molecule has 0 aliphatic rings. The molecule has 0 aliphatic carbocycles. The van der Waals surface area contributed by atoms with Crippen molar-refractivity contribution in [3.05, 3.63) is 48.5 Å². The summed E-state index contributed by atoms with van der Waals surface area (Å²) in [4.78, 5) is 6.91. The van der Waals surface area contributed by atoms with Crippen LogP contribution in [-0.4, -0.2) is 17.1 Å². The average Bonchev–Trinajstić information content (AvgIpc) is 2.86. The van der Waals surface area contributed by atoms with Gasteiger partial charge in [0.1, 0.15) is 5.82 Å². The maximum absolute atomic E-state index is 13.5. The number of aromatic nitrogens is 2. The second kappa shape index (κ2) is 4.61. The van der Waals surface area contributed by atoms with Gasteiger partial charge in [-0.2, -0.15) is 9.37 Å². The monoisotopic (exact) mass is 257 g/mol. The Kier molecular flexibility index (Phi) is 2.79. The summed E-state index contributed by atoms with van der Waals surface area (Å²) in [6.45, 7) is 0. The number of fused-ring (bicyclic) bond motifs is 1. The lowest BCUT2D eigenvalue weighted by molar-refractivity contribution is 0.378. The molecule has 0 spiro atoms. The van der Waals surface area contributed by atoms with Crippen LogP contribution in [0.4, 0.5) is 15.9 Å². The van der Waals surface area contributed by atoms with Crippen molar-refractivity contribution in [2.75, 3.05) is 12.4 Å². The zero-order chi connectivity index (χ0) is 13.2. The number of H-pyrrole nitrogens is 1. The highest BCUT2D eigenvalue weighted by Gasteiger charge is 2.05. The van der Waals surface area contributed by atoms with Gasteiger partial charge in [-0.3, -0.25) is 0 Å². The Morgan fingerprint density at radius 3 is 2.89 bits per heavy atom. The van der Waals surface area contributed by atoms with Gasteiger partial charge in [0.2, 0.25) is 0 Å². The van der Waals surface area contributed by atoms with Crippen LogP contribution in [0.5, 0.6) is 5.75 Å². The summed E-state index contributed by atoms with van der Waals surface area (Å²) in [6.07, 6.45) is 1.87. The normalized spacial score (nSPS) is 10.6. The first kappa shape index (κ1) is 11.5. The molecule has 2 N–H and O–H groups in total. The first-order valence-electron chi connectivity index (χ1n) is 5.81. The van der Waals surface area contributed by atoms with E-state index in [9.17, 15) is 4.39 Å². The number of halogens is 1. The second-order valence-electron chi connectivity index (χ2n) is 4.09. The number of methoxy groups -OCH3 is 1. The van der Waals surface area contributed by atoms with E-state index < -0.39 is 5.95 Å². The number of rotatable bonds is 3. The van der Waals surface area contributed by atoms with Crippen LogP contribution in [-0.2, 0) is 0 Å². The van der Waals surface area contributed by atoms with Crippen molar-refractivity contribution in [1.29, 1.82) is 0 Å². The first-order chi connectivity index (χ1) is 9.26. The summed E-state index contributed by atoms with van der Waals surface area (Å²) in [5.41, 5.74) is 1.85. The fourth-order valence-electron chi connectivity index (χ4n) is 1.92. The zero-order valence-corrected chi connectivity index (χ0v) is 10.3. The molecule has 2 aromatic heterocycles. The largest absolute Gasteiger partial charge is 0.492 e. The molecule has 0 unspecified atom stereocenters. The van der Waals surface area contributed by atoms with Gasteiger partial charge in [0.05, 0.1) is 7.11 Å². The standard InChI is InChI=1S/C14H12FN3O/c1-19-12-4-5-13(18-14(12)15)17-10-3-2-9-6-7-16-11(9)8-10/h2-8,16H,1H3,(H,17,18). The molecule has 4 nitrogen and oxygen atoms in total. The highest BCUT2D eigenvalue weighted by atomic mass is 19.1. The fraction of sp³-hybridized carbons (Fsp3) is 0.0714. The molecule has 0 saturated heterocycles. The molecule has 3 aromatic rings. The van der Waals surface area contributed by atoms with Gasteiger partial charge < -0.3 is 15.0 Å². The Balaban J connectivity index is 1.89. The van der Waals surface area contributed by atoms with E-state index in [4.69, 9.17) is 4.74 Å². The zero-order valence-electron chi connectivity index (χ0n) is 10.3. The lowest BCUT2D eigenvalue weighted by Crippen LogP contribution is -1.97. The Morgan fingerprint density at radius 1 is 1.21 bits per heavy atom. The van der Waals surface area contributed by atoms with Gasteiger partial charge in [0, 0.05) is 17.4 Å². The van der Waals surface area contributed by atoms with Crippen LogP contribution in [0.1, 0.15) is 0 Å². The molecule has 0 aliphatic heterocycles. The molecule has 2 heterocycles. The lowest BCUT2D eigenvalue weighted by Gasteiger charge is -2.07. The predicted octanol–water partition coefficient (Wildman–Crippen LogP) is 3.45. The van der Waals surface area contributed by atoms with Gasteiger partial charge in [-0.1, -0.05) is 6.07 Å². The smallest absolute Gasteiger partial charge is 0.257 e. The predicted molar refractivity (Wildman–Crippen MR) is 72.3 cm³/mol. The molecule has 0 radical (unpaired) electrons. The number of nitrogens with zero attached hydrogens (tertiary/aromatic N) is 1. The second-order valence-corrected chi connectivity index (χ2v) is 4.09. The van der Waals surface area contributed by atoms with E-state index in [2.05, 4.69) is 15.3 Å². The minimum Gasteiger partial charge on any atom is -0.492 e. The molecular weight excluding hydrogens is 245 g/mol. The van der Waals surface area contributed by atoms with Crippen LogP contribution in [0.2, 0.25) is 0 Å². The van der Waals surface area contributed by atoms with Crippen molar-refractivity contribution >= 4 is 22.4 Å². The SMILES string of the molecule is COc1ccc(Nc2ccc3cc[nH]c3c2)nc1F. The van der Waals surface area contributed by atoms with Crippen molar-refractivity contribution in [3.63, 3.8) is 0 Å². The van der Waals surface area contributed by atoms with E-state index in [0.717, 1.165) is 16.6 Å². The molecule has 19 heavy (non-hydrogen) atoms. The molecule has 0 amide bonds. The van der Waals surface area contributed by atoms with Gasteiger partial charge in [-0.15, -0.1) is 0 Å². The molecule has 0 atom stereocenters. The summed E-state index contributed by atoms with van der Waals surface area (Å²) in [5, 5.41) is 4.18. The van der Waals surface area contributed by atoms with E-state index in [1.165, 1.54) is 13.2 Å². The Labute approximate surface area is 109 Å². The third-order valence-corrected chi connectivity index (χ3v) is 2.86. The van der Waals surface area contributed by atoms with Crippen molar-refractivity contribution < 1.29 is 9.13 Å². The Bertz CT molecular complexity index is 724. The first-order valence-corrected chi connectivity index (χ1v) is 5.81. The summed E-state index contributed by atoms with van der Waals surface area (Å²) in [6, 6.07) is 11.0. The molecule has 0 fully saturated rings. The lowest BCUT2D eigenvalue weighted by atomic mass is 10.2. The summed E-state index contributed by atoms with van der Waals surface area (Å²) in [7, 11) is 1.41. The maximum Gasteiger partial charge on any atom is 0.257 e. The minimum absolute atomic E-state index is 0.130. The van der Waals surface area contributed by atoms with Crippen LogP contribution >= 0.6 is 0 Å². The third kappa shape index (κ3) is 2.22. The van der Waals surface area contributed by atoms with Gasteiger partial charge in [-0.25, -0.2) is 0 Å². The van der Waals surface area contributed by atoms with Crippen molar-refractivity contribution in [3.8, 4) is 5.75 Å². The number of anilines is 2. The Hall–Kier alpha value is -2.56. The maximum atomic E-state index is 13.5. The van der Waals surface area contributed by atoms with E-state index >= 15 is 0 Å². The average molecular weight is 257 g/mol. The summed E-state index contributed by atoms with van der Waals surface area (Å²) in [5.74, 6) is -0.0666. The highest BCUT2D eigenvalue weighted by molar-refractivity contribution is 5.83. The molecule has 5 heteroatoms. The van der Waals surface area contributed by atoms with Gasteiger partial charge >= 0.3 is 0 Å². The van der Waals surface area contributed by atoms with Gasteiger partial charge in [-0.05, 0) is 35.7 Å². The Morgan fingerprint density at radius 2 is 2.11 bits per heavy atom. The van der Waals surface area contributed by atoms with E-state index in [-0.39, 0.29) is 5.75 Å². The quantitative estimate of drug-likeness (QED) is 0.706. The number of hydrogen-bond acceptors (Lipinski definition) is 3. The van der Waals surface area contributed by atoms with Crippen LogP contribution in [0, 0.1) is 5.95 Å². The van der Waals surface area contributed by atoms with Crippen LogP contribution < -0.4 is 10.1 Å². The van der Waals surface area contributed by atoms with E-state index in [1.54, 1.807) is 6.07 Å². The third-order valence-electron chi connectivity index (χ3n) is 2.86. The van der Waals surface area contributed by atoms with Crippen molar-refractivity contribution in [2.45, 2.75) is 0 Å². The highest BCUT2D eigenvalue weighted by Crippen LogP contribution is 2.22. The number of hydrogen-bond donors (Lipinski definition) is 2. The molecule has 3 rings (SSSR count). The molecule has 96 valence electrons. The number of aromatic amines is 1. The van der Waals surface area contributed by atoms with Crippen LogP contribution in [0.3, 0.4) is 0 Å². The number of benzene rings is 1. The molecule has 1 aromatic carbocycles. The number of nitrogens with one attached hydrogen (secondary N) is 2. The van der Waals surface area contributed by atoms with Crippen LogP contribution in [0.25, 0.3) is 10.9 Å². The van der Waals surface area contributed by atoms with E-state index in [1.807, 2.05) is 30.5 Å². The topological polar surface area (TPSA) is 49.9 Å². The summed E-state index contributed by atoms with van der Waals surface area (Å²) >= 11 is 0.